The van der Waals surface area contributed by atoms with Gasteiger partial charge in [-0.1, -0.05) is 0 Å². The zero-order valence-corrected chi connectivity index (χ0v) is 12.7. The Labute approximate surface area is 125 Å². The molecule has 2 aromatic rings. The molecule has 0 amide bonds. The summed E-state index contributed by atoms with van der Waals surface area (Å²) in [6.07, 6.45) is 0. The van der Waals surface area contributed by atoms with Gasteiger partial charge in [0.25, 0.3) is 0 Å². The van der Waals surface area contributed by atoms with Crippen LogP contribution in [0, 0.1) is 12.7 Å². The van der Waals surface area contributed by atoms with E-state index in [2.05, 4.69) is 21.2 Å². The summed E-state index contributed by atoms with van der Waals surface area (Å²) in [6, 6.07) is 7.31. The van der Waals surface area contributed by atoms with E-state index >= 15 is 0 Å². The Kier molecular flexibility index (Phi) is 4.18. The predicted octanol–water partition coefficient (Wildman–Crippen LogP) is 4.48. The molecule has 1 unspecified atom stereocenters. The zero-order chi connectivity index (χ0) is 14.9. The molecule has 0 heterocycles. The van der Waals surface area contributed by atoms with E-state index in [9.17, 15) is 14.6 Å². The van der Waals surface area contributed by atoms with Crippen molar-refractivity contribution in [3.63, 3.8) is 0 Å². The van der Waals surface area contributed by atoms with Crippen molar-refractivity contribution in [2.75, 3.05) is 5.32 Å². The fourth-order valence-electron chi connectivity index (χ4n) is 1.99. The van der Waals surface area contributed by atoms with Gasteiger partial charge in [0.15, 0.2) is 0 Å². The minimum atomic E-state index is -0.343. The van der Waals surface area contributed by atoms with Crippen molar-refractivity contribution in [1.82, 2.24) is 0 Å². The first-order valence-electron chi connectivity index (χ1n) is 6.12. The topological polar surface area (TPSA) is 52.5 Å². The molecule has 3 N–H and O–H groups in total. The Morgan fingerprint density at radius 2 is 1.70 bits per heavy atom. The lowest BCUT2D eigenvalue weighted by Gasteiger charge is -2.18. The van der Waals surface area contributed by atoms with Crippen molar-refractivity contribution in [2.45, 2.75) is 19.9 Å². The van der Waals surface area contributed by atoms with Crippen LogP contribution in [0.1, 0.15) is 24.1 Å². The maximum absolute atomic E-state index is 13.6. The second-order valence-electron chi connectivity index (χ2n) is 4.73. The number of aromatic hydroxyl groups is 2. The minimum Gasteiger partial charge on any atom is -0.508 e. The number of nitrogens with one attached hydrogen (secondary N) is 1. The van der Waals surface area contributed by atoms with Crippen LogP contribution < -0.4 is 5.32 Å². The fourth-order valence-corrected chi connectivity index (χ4v) is 2.44. The maximum Gasteiger partial charge on any atom is 0.139 e. The molecule has 2 rings (SSSR count). The largest absolute Gasteiger partial charge is 0.508 e. The van der Waals surface area contributed by atoms with Gasteiger partial charge in [-0.3, -0.25) is 0 Å². The summed E-state index contributed by atoms with van der Waals surface area (Å²) in [4.78, 5) is 0. The number of phenolic OH excluding ortho intramolecular Hbond substituents is 2. The molecule has 0 aliphatic heterocycles. The number of hydrogen-bond acceptors (Lipinski definition) is 3. The van der Waals surface area contributed by atoms with Crippen LogP contribution in [0.5, 0.6) is 11.5 Å². The van der Waals surface area contributed by atoms with Crippen molar-refractivity contribution < 1.29 is 14.6 Å². The summed E-state index contributed by atoms with van der Waals surface area (Å²) in [5.74, 6) is -0.358. The molecule has 106 valence electrons. The molecule has 0 aromatic heterocycles. The lowest BCUT2D eigenvalue weighted by molar-refractivity contribution is 0.448. The highest BCUT2D eigenvalue weighted by Gasteiger charge is 2.11. The van der Waals surface area contributed by atoms with Crippen molar-refractivity contribution in [3.8, 4) is 11.5 Å². The van der Waals surface area contributed by atoms with Crippen LogP contribution in [0.4, 0.5) is 10.1 Å². The third kappa shape index (κ3) is 3.22. The third-order valence-corrected chi connectivity index (χ3v) is 3.67. The van der Waals surface area contributed by atoms with Gasteiger partial charge in [-0.2, -0.15) is 0 Å². The molecule has 5 heteroatoms. The number of halogens is 2. The standard InChI is InChI=1S/C15H15BrFNO2/c1-8-3-13(16)14(17)7-15(8)18-9(2)10-4-11(19)6-12(20)5-10/h3-7,9,18-20H,1-2H3. The maximum atomic E-state index is 13.6. The van der Waals surface area contributed by atoms with Crippen LogP contribution in [-0.4, -0.2) is 10.2 Å². The Hall–Kier alpha value is -1.75. The third-order valence-electron chi connectivity index (χ3n) is 3.06. The van der Waals surface area contributed by atoms with Gasteiger partial charge in [0.05, 0.1) is 4.47 Å². The van der Waals surface area contributed by atoms with E-state index in [1.165, 1.54) is 12.1 Å². The zero-order valence-electron chi connectivity index (χ0n) is 11.1. The van der Waals surface area contributed by atoms with Gasteiger partial charge in [0.1, 0.15) is 17.3 Å². The molecular formula is C15H15BrFNO2. The second kappa shape index (κ2) is 5.71. The summed E-state index contributed by atoms with van der Waals surface area (Å²) in [5, 5.41) is 22.1. The lowest BCUT2D eigenvalue weighted by atomic mass is 10.1. The monoisotopic (exact) mass is 339 g/mol. The van der Waals surface area contributed by atoms with E-state index in [4.69, 9.17) is 0 Å². The number of hydrogen-bond donors (Lipinski definition) is 3. The molecule has 0 saturated heterocycles. The first kappa shape index (κ1) is 14.7. The van der Waals surface area contributed by atoms with Crippen molar-refractivity contribution in [3.05, 3.63) is 51.7 Å². The molecule has 0 saturated carbocycles. The lowest BCUT2D eigenvalue weighted by Crippen LogP contribution is -2.08. The Morgan fingerprint density at radius 1 is 1.10 bits per heavy atom. The molecule has 2 aromatic carbocycles. The van der Waals surface area contributed by atoms with E-state index in [1.54, 1.807) is 18.2 Å². The number of rotatable bonds is 3. The first-order valence-corrected chi connectivity index (χ1v) is 6.91. The van der Waals surface area contributed by atoms with E-state index in [1.807, 2.05) is 13.8 Å². The summed E-state index contributed by atoms with van der Waals surface area (Å²) in [6.45, 7) is 3.74. The van der Waals surface area contributed by atoms with E-state index in [0.29, 0.717) is 15.7 Å². The molecule has 1 atom stereocenters. The molecule has 20 heavy (non-hydrogen) atoms. The second-order valence-corrected chi connectivity index (χ2v) is 5.58. The summed E-state index contributed by atoms with van der Waals surface area (Å²) in [7, 11) is 0. The van der Waals surface area contributed by atoms with Crippen LogP contribution in [-0.2, 0) is 0 Å². The predicted molar refractivity (Wildman–Crippen MR) is 80.6 cm³/mol. The number of anilines is 1. The highest BCUT2D eigenvalue weighted by molar-refractivity contribution is 9.10. The van der Waals surface area contributed by atoms with Gasteiger partial charge < -0.3 is 15.5 Å². The van der Waals surface area contributed by atoms with Gasteiger partial charge in [-0.15, -0.1) is 0 Å². The van der Waals surface area contributed by atoms with Gasteiger partial charge in [0.2, 0.25) is 0 Å². The van der Waals surface area contributed by atoms with Gasteiger partial charge in [-0.05, 0) is 65.2 Å². The Balaban J connectivity index is 2.27. The summed E-state index contributed by atoms with van der Waals surface area (Å²) >= 11 is 3.14. The minimum absolute atomic E-state index is 0.00708. The molecule has 0 aliphatic rings. The van der Waals surface area contributed by atoms with Crippen molar-refractivity contribution >= 4 is 21.6 Å². The number of phenols is 2. The molecule has 0 aliphatic carbocycles. The van der Waals surface area contributed by atoms with Crippen LogP contribution in [0.3, 0.4) is 0 Å². The molecule has 3 nitrogen and oxygen atoms in total. The molecule has 0 spiro atoms. The van der Waals surface area contributed by atoms with E-state index in [0.717, 1.165) is 5.56 Å². The van der Waals surface area contributed by atoms with Gasteiger partial charge >= 0.3 is 0 Å². The van der Waals surface area contributed by atoms with Gasteiger partial charge in [-0.25, -0.2) is 4.39 Å². The van der Waals surface area contributed by atoms with Crippen molar-refractivity contribution in [1.29, 1.82) is 0 Å². The highest BCUT2D eigenvalue weighted by atomic mass is 79.9. The molecule has 0 radical (unpaired) electrons. The van der Waals surface area contributed by atoms with E-state index < -0.39 is 0 Å². The van der Waals surface area contributed by atoms with Crippen LogP contribution in [0.2, 0.25) is 0 Å². The molecule has 0 fully saturated rings. The SMILES string of the molecule is Cc1cc(Br)c(F)cc1NC(C)c1cc(O)cc(O)c1. The van der Waals surface area contributed by atoms with Gasteiger partial charge in [0, 0.05) is 17.8 Å². The molecular weight excluding hydrogens is 325 g/mol. The quantitative estimate of drug-likeness (QED) is 0.772. The van der Waals surface area contributed by atoms with Crippen LogP contribution in [0.25, 0.3) is 0 Å². The Morgan fingerprint density at radius 3 is 2.30 bits per heavy atom. The average molecular weight is 340 g/mol. The molecule has 0 bridgehead atoms. The highest BCUT2D eigenvalue weighted by Crippen LogP contribution is 2.30. The van der Waals surface area contributed by atoms with Crippen LogP contribution in [0.15, 0.2) is 34.8 Å². The number of benzene rings is 2. The van der Waals surface area contributed by atoms with E-state index in [-0.39, 0.29) is 23.4 Å². The van der Waals surface area contributed by atoms with Crippen LogP contribution >= 0.6 is 15.9 Å². The number of aryl methyl sites for hydroxylation is 1. The summed E-state index contributed by atoms with van der Waals surface area (Å²) in [5.41, 5.74) is 2.28. The normalized spacial score (nSPS) is 12.2. The summed E-state index contributed by atoms with van der Waals surface area (Å²) < 4.78 is 14.0. The van der Waals surface area contributed by atoms with Crippen molar-refractivity contribution in [2.24, 2.45) is 0 Å². The average Bonchev–Trinajstić information content (AvgIpc) is 2.34. The fraction of sp³-hybridized carbons (Fsp3) is 0.200. The first-order chi connectivity index (χ1) is 9.36. The Bertz CT molecular complexity index is 626. The smallest absolute Gasteiger partial charge is 0.139 e.